The molecule has 2 nitrogen and oxygen atoms in total. The summed E-state index contributed by atoms with van der Waals surface area (Å²) >= 11 is 0. The molecule has 17 heavy (non-hydrogen) atoms. The molecule has 0 aliphatic carbocycles. The molecule has 0 unspecified atom stereocenters. The molecule has 0 bridgehead atoms. The van der Waals surface area contributed by atoms with E-state index in [0.717, 1.165) is 18.2 Å². The van der Waals surface area contributed by atoms with Crippen LogP contribution in [-0.4, -0.2) is 11.1 Å². The third-order valence-corrected chi connectivity index (χ3v) is 2.38. The minimum atomic E-state index is -1.18. The molecule has 0 aromatic heterocycles. The first-order chi connectivity index (χ1) is 8.09. The molecule has 2 aromatic carbocycles. The SMILES string of the molecule is O=C(O)c1ccc(F)c(-c2ccccc2F)c1. The minimum absolute atomic E-state index is 0.0492. The Labute approximate surface area is 96.1 Å². The second-order valence-electron chi connectivity index (χ2n) is 3.48. The van der Waals surface area contributed by atoms with Gasteiger partial charge in [-0.2, -0.15) is 0 Å². The zero-order valence-corrected chi connectivity index (χ0v) is 8.65. The number of carboxylic acid groups (broad SMARTS) is 1. The quantitative estimate of drug-likeness (QED) is 0.865. The van der Waals surface area contributed by atoms with E-state index < -0.39 is 17.6 Å². The van der Waals surface area contributed by atoms with Crippen molar-refractivity contribution >= 4 is 5.97 Å². The van der Waals surface area contributed by atoms with E-state index in [-0.39, 0.29) is 16.7 Å². The van der Waals surface area contributed by atoms with Crippen molar-refractivity contribution in [2.24, 2.45) is 0 Å². The van der Waals surface area contributed by atoms with Gasteiger partial charge in [0.05, 0.1) is 5.56 Å². The van der Waals surface area contributed by atoms with Crippen molar-refractivity contribution < 1.29 is 18.7 Å². The van der Waals surface area contributed by atoms with Gasteiger partial charge in [0, 0.05) is 11.1 Å². The van der Waals surface area contributed by atoms with Gasteiger partial charge in [0.2, 0.25) is 0 Å². The maximum atomic E-state index is 13.5. The first-order valence-electron chi connectivity index (χ1n) is 4.87. The Morgan fingerprint density at radius 3 is 2.24 bits per heavy atom. The Balaban J connectivity index is 2.63. The third-order valence-electron chi connectivity index (χ3n) is 2.38. The van der Waals surface area contributed by atoms with Gasteiger partial charge in [-0.1, -0.05) is 18.2 Å². The lowest BCUT2D eigenvalue weighted by atomic mass is 10.0. The van der Waals surface area contributed by atoms with Crippen LogP contribution in [0.2, 0.25) is 0 Å². The van der Waals surface area contributed by atoms with Crippen molar-refractivity contribution in [1.82, 2.24) is 0 Å². The number of hydrogen-bond donors (Lipinski definition) is 1. The standard InChI is InChI=1S/C13H8F2O2/c14-11-4-2-1-3-9(11)10-7-8(13(16)17)5-6-12(10)15/h1-7H,(H,16,17). The van der Waals surface area contributed by atoms with Gasteiger partial charge >= 0.3 is 5.97 Å². The summed E-state index contributed by atoms with van der Waals surface area (Å²) in [6.07, 6.45) is 0. The highest BCUT2D eigenvalue weighted by Crippen LogP contribution is 2.26. The predicted molar refractivity (Wildman–Crippen MR) is 58.8 cm³/mol. The lowest BCUT2D eigenvalue weighted by Gasteiger charge is -2.05. The summed E-state index contributed by atoms with van der Waals surface area (Å²) in [6, 6.07) is 8.92. The fraction of sp³-hybridized carbons (Fsp3) is 0. The van der Waals surface area contributed by atoms with Crippen LogP contribution in [-0.2, 0) is 0 Å². The van der Waals surface area contributed by atoms with Gasteiger partial charge in [0.1, 0.15) is 11.6 Å². The Bertz CT molecular complexity index is 579. The number of rotatable bonds is 2. The smallest absolute Gasteiger partial charge is 0.335 e. The molecule has 0 amide bonds. The van der Waals surface area contributed by atoms with Gasteiger partial charge in [0.15, 0.2) is 0 Å². The Morgan fingerprint density at radius 1 is 0.941 bits per heavy atom. The number of hydrogen-bond acceptors (Lipinski definition) is 1. The summed E-state index contributed by atoms with van der Waals surface area (Å²) in [5.74, 6) is -2.42. The lowest BCUT2D eigenvalue weighted by molar-refractivity contribution is 0.0697. The van der Waals surface area contributed by atoms with Gasteiger partial charge in [0.25, 0.3) is 0 Å². The summed E-state index contributed by atoms with van der Waals surface area (Å²) in [7, 11) is 0. The van der Waals surface area contributed by atoms with Crippen LogP contribution in [0, 0.1) is 11.6 Å². The molecule has 0 fully saturated rings. The highest BCUT2D eigenvalue weighted by atomic mass is 19.1. The average Bonchev–Trinajstić information content (AvgIpc) is 2.30. The molecule has 0 saturated carbocycles. The van der Waals surface area contributed by atoms with E-state index in [1.54, 1.807) is 6.07 Å². The molecule has 86 valence electrons. The van der Waals surface area contributed by atoms with Crippen LogP contribution >= 0.6 is 0 Å². The Morgan fingerprint density at radius 2 is 1.59 bits per heavy atom. The number of carbonyl (C=O) groups is 1. The largest absolute Gasteiger partial charge is 0.478 e. The zero-order chi connectivity index (χ0) is 12.4. The lowest BCUT2D eigenvalue weighted by Crippen LogP contribution is -1.98. The van der Waals surface area contributed by atoms with Gasteiger partial charge in [-0.25, -0.2) is 13.6 Å². The van der Waals surface area contributed by atoms with E-state index in [9.17, 15) is 13.6 Å². The minimum Gasteiger partial charge on any atom is -0.478 e. The first-order valence-corrected chi connectivity index (χ1v) is 4.87. The third kappa shape index (κ3) is 2.15. The van der Waals surface area contributed by atoms with Crippen molar-refractivity contribution in [3.8, 4) is 11.1 Å². The van der Waals surface area contributed by atoms with Crippen molar-refractivity contribution in [2.45, 2.75) is 0 Å². The zero-order valence-electron chi connectivity index (χ0n) is 8.65. The maximum Gasteiger partial charge on any atom is 0.335 e. The van der Waals surface area contributed by atoms with Gasteiger partial charge in [-0.05, 0) is 24.3 Å². The van der Waals surface area contributed by atoms with Crippen LogP contribution < -0.4 is 0 Å². The Hall–Kier alpha value is -2.23. The van der Waals surface area contributed by atoms with Crippen molar-refractivity contribution in [3.05, 3.63) is 59.7 Å². The predicted octanol–water partition coefficient (Wildman–Crippen LogP) is 3.33. The van der Waals surface area contributed by atoms with Crippen molar-refractivity contribution in [3.63, 3.8) is 0 Å². The van der Waals surface area contributed by atoms with Crippen LogP contribution in [0.3, 0.4) is 0 Å². The van der Waals surface area contributed by atoms with E-state index in [1.807, 2.05) is 0 Å². The normalized spacial score (nSPS) is 10.2. The number of benzene rings is 2. The molecule has 0 saturated heterocycles. The summed E-state index contributed by atoms with van der Waals surface area (Å²) in [6.45, 7) is 0. The van der Waals surface area contributed by atoms with Crippen LogP contribution in [0.5, 0.6) is 0 Å². The molecule has 2 rings (SSSR count). The maximum absolute atomic E-state index is 13.5. The molecule has 0 heterocycles. The molecule has 0 aliphatic heterocycles. The number of carboxylic acids is 1. The monoisotopic (exact) mass is 234 g/mol. The van der Waals surface area contributed by atoms with Crippen molar-refractivity contribution in [2.75, 3.05) is 0 Å². The number of aromatic carboxylic acids is 1. The second-order valence-corrected chi connectivity index (χ2v) is 3.48. The molecule has 0 spiro atoms. The molecule has 0 atom stereocenters. The van der Waals surface area contributed by atoms with Crippen LogP contribution in [0.25, 0.3) is 11.1 Å². The van der Waals surface area contributed by atoms with Crippen LogP contribution in [0.4, 0.5) is 8.78 Å². The summed E-state index contributed by atoms with van der Waals surface area (Å²) in [5, 5.41) is 8.80. The van der Waals surface area contributed by atoms with Crippen LogP contribution in [0.15, 0.2) is 42.5 Å². The summed E-state index contributed by atoms with van der Waals surface area (Å²) in [4.78, 5) is 10.8. The molecular weight excluding hydrogens is 226 g/mol. The van der Waals surface area contributed by atoms with Gasteiger partial charge < -0.3 is 5.11 Å². The molecule has 0 aliphatic rings. The first kappa shape index (κ1) is 11.3. The highest BCUT2D eigenvalue weighted by molar-refractivity contribution is 5.89. The number of halogens is 2. The van der Waals surface area contributed by atoms with Gasteiger partial charge in [-0.15, -0.1) is 0 Å². The van der Waals surface area contributed by atoms with Crippen LogP contribution in [0.1, 0.15) is 10.4 Å². The van der Waals surface area contributed by atoms with E-state index in [1.165, 1.54) is 18.2 Å². The molecule has 1 N–H and O–H groups in total. The Kier molecular flexibility index (Phi) is 2.87. The highest BCUT2D eigenvalue weighted by Gasteiger charge is 2.12. The van der Waals surface area contributed by atoms with Crippen molar-refractivity contribution in [1.29, 1.82) is 0 Å². The van der Waals surface area contributed by atoms with E-state index in [2.05, 4.69) is 0 Å². The molecular formula is C13H8F2O2. The molecule has 0 radical (unpaired) electrons. The van der Waals surface area contributed by atoms with E-state index in [4.69, 9.17) is 5.11 Å². The summed E-state index contributed by atoms with van der Waals surface area (Å²) in [5.41, 5.74) is -0.0826. The summed E-state index contributed by atoms with van der Waals surface area (Å²) < 4.78 is 27.0. The fourth-order valence-electron chi connectivity index (χ4n) is 1.54. The van der Waals surface area contributed by atoms with Gasteiger partial charge in [-0.3, -0.25) is 0 Å². The molecule has 4 heteroatoms. The topological polar surface area (TPSA) is 37.3 Å². The molecule has 2 aromatic rings. The van der Waals surface area contributed by atoms with E-state index in [0.29, 0.717) is 0 Å². The van der Waals surface area contributed by atoms with E-state index >= 15 is 0 Å². The second kappa shape index (κ2) is 4.33. The average molecular weight is 234 g/mol. The fourth-order valence-corrected chi connectivity index (χ4v) is 1.54.